The Morgan fingerprint density at radius 2 is 1.75 bits per heavy atom. The van der Waals surface area contributed by atoms with E-state index < -0.39 is 42.3 Å². The second-order valence-corrected chi connectivity index (χ2v) is 5.76. The number of unbranched alkanes of at least 4 members (excludes halogenated alkanes) is 1. The van der Waals surface area contributed by atoms with Gasteiger partial charge in [-0.2, -0.15) is 0 Å². The molecule has 2 unspecified atom stereocenters. The highest BCUT2D eigenvalue weighted by atomic mass is 16.6. The van der Waals surface area contributed by atoms with Crippen molar-refractivity contribution >= 4 is 23.9 Å². The van der Waals surface area contributed by atoms with Gasteiger partial charge in [-0.25, -0.2) is 4.79 Å². The summed E-state index contributed by atoms with van der Waals surface area (Å²) in [6, 6.07) is 0. The molecule has 0 spiro atoms. The van der Waals surface area contributed by atoms with Crippen LogP contribution in [-0.2, 0) is 28.7 Å². The van der Waals surface area contributed by atoms with Crippen molar-refractivity contribution in [3.8, 4) is 0 Å². The fraction of sp³-hybridized carbons (Fsp3) is 0.750. The second-order valence-electron chi connectivity index (χ2n) is 5.76. The van der Waals surface area contributed by atoms with Crippen molar-refractivity contribution in [1.29, 1.82) is 0 Å². The molecule has 0 aliphatic heterocycles. The van der Waals surface area contributed by atoms with E-state index in [1.807, 2.05) is 13.8 Å². The van der Waals surface area contributed by atoms with E-state index in [-0.39, 0.29) is 12.5 Å². The van der Waals surface area contributed by atoms with Crippen LogP contribution in [0.4, 0.5) is 0 Å². The minimum absolute atomic E-state index is 0.0268. The van der Waals surface area contributed by atoms with Gasteiger partial charge < -0.3 is 19.7 Å². The molecule has 24 heavy (non-hydrogen) atoms. The van der Waals surface area contributed by atoms with Crippen LogP contribution in [0.15, 0.2) is 0 Å². The van der Waals surface area contributed by atoms with E-state index >= 15 is 0 Å². The summed E-state index contributed by atoms with van der Waals surface area (Å²) < 4.78 is 9.26. The third kappa shape index (κ3) is 8.61. The molecule has 8 heteroatoms. The monoisotopic (exact) mass is 346 g/mol. The van der Waals surface area contributed by atoms with Crippen molar-refractivity contribution in [3.05, 3.63) is 0 Å². The molecule has 2 N–H and O–H groups in total. The van der Waals surface area contributed by atoms with Crippen molar-refractivity contribution in [2.75, 3.05) is 6.61 Å². The number of aliphatic carboxylic acids is 1. The molecule has 0 aliphatic carbocycles. The molecule has 0 aliphatic rings. The number of rotatable bonds is 11. The number of carbonyl (C=O) groups excluding carboxylic acids is 3. The minimum Gasteiger partial charge on any atom is -0.481 e. The smallest absolute Gasteiger partial charge is 0.339 e. The number of ether oxygens (including phenoxy) is 2. The predicted octanol–water partition coefficient (Wildman–Crippen LogP) is 1.43. The van der Waals surface area contributed by atoms with Crippen LogP contribution in [0.1, 0.15) is 59.3 Å². The summed E-state index contributed by atoms with van der Waals surface area (Å²) in [4.78, 5) is 45.2. The molecule has 0 aromatic carbocycles. The lowest BCUT2D eigenvalue weighted by Crippen LogP contribution is -2.45. The standard InChI is InChI=1S/C16H26O8/c1-4-6-7-12(5-2)10-23-15(21)16(22,8-13(18)19)9-14(20)24-11(3)17/h12,22H,4-10H2,1-3H3,(H,18,19). The zero-order valence-electron chi connectivity index (χ0n) is 14.4. The van der Waals surface area contributed by atoms with Gasteiger partial charge in [0.1, 0.15) is 0 Å². The molecule has 0 radical (unpaired) electrons. The molecule has 0 aromatic rings. The van der Waals surface area contributed by atoms with Crippen LogP contribution in [0.2, 0.25) is 0 Å². The van der Waals surface area contributed by atoms with E-state index in [0.717, 1.165) is 32.6 Å². The number of carboxylic acid groups (broad SMARTS) is 1. The van der Waals surface area contributed by atoms with Crippen LogP contribution in [0.25, 0.3) is 0 Å². The average Bonchev–Trinajstić information content (AvgIpc) is 2.45. The molecule has 0 aromatic heterocycles. The van der Waals surface area contributed by atoms with Gasteiger partial charge in [0.2, 0.25) is 0 Å². The third-order valence-corrected chi connectivity index (χ3v) is 3.51. The highest BCUT2D eigenvalue weighted by molar-refractivity contribution is 5.92. The second kappa shape index (κ2) is 10.7. The molecule has 0 amide bonds. The molecule has 0 rings (SSSR count). The molecular formula is C16H26O8. The highest BCUT2D eigenvalue weighted by Gasteiger charge is 2.43. The minimum atomic E-state index is -2.57. The number of hydrogen-bond donors (Lipinski definition) is 2. The van der Waals surface area contributed by atoms with Crippen molar-refractivity contribution in [2.24, 2.45) is 5.92 Å². The van der Waals surface area contributed by atoms with Gasteiger partial charge in [-0.05, 0) is 12.3 Å². The third-order valence-electron chi connectivity index (χ3n) is 3.51. The first kappa shape index (κ1) is 22.0. The fourth-order valence-electron chi connectivity index (χ4n) is 2.12. The maximum Gasteiger partial charge on any atom is 0.339 e. The first-order chi connectivity index (χ1) is 11.1. The summed E-state index contributed by atoms with van der Waals surface area (Å²) in [6.45, 7) is 4.97. The highest BCUT2D eigenvalue weighted by Crippen LogP contribution is 2.21. The summed E-state index contributed by atoms with van der Waals surface area (Å²) in [5, 5.41) is 19.1. The quantitative estimate of drug-likeness (QED) is 0.425. The zero-order valence-corrected chi connectivity index (χ0v) is 14.4. The van der Waals surface area contributed by atoms with Gasteiger partial charge in [-0.1, -0.05) is 33.1 Å². The maximum atomic E-state index is 12.1. The van der Waals surface area contributed by atoms with E-state index in [1.165, 1.54) is 0 Å². The van der Waals surface area contributed by atoms with Crippen LogP contribution in [0.3, 0.4) is 0 Å². The Bertz CT molecular complexity index is 459. The van der Waals surface area contributed by atoms with Gasteiger partial charge in [-0.15, -0.1) is 0 Å². The first-order valence-electron chi connectivity index (χ1n) is 7.97. The van der Waals surface area contributed by atoms with Crippen LogP contribution in [0.5, 0.6) is 0 Å². The number of carboxylic acids is 1. The summed E-state index contributed by atoms with van der Waals surface area (Å²) in [5.74, 6) is -4.71. The summed E-state index contributed by atoms with van der Waals surface area (Å²) in [5.41, 5.74) is -2.57. The van der Waals surface area contributed by atoms with Crippen molar-refractivity contribution < 1.29 is 38.9 Å². The number of esters is 3. The molecule has 0 fully saturated rings. The molecule has 0 saturated heterocycles. The number of aliphatic hydroxyl groups is 1. The van der Waals surface area contributed by atoms with Gasteiger partial charge in [0.25, 0.3) is 0 Å². The molecule has 0 heterocycles. The van der Waals surface area contributed by atoms with E-state index in [1.54, 1.807) is 0 Å². The lowest BCUT2D eigenvalue weighted by Gasteiger charge is -2.24. The Kier molecular flexibility index (Phi) is 9.87. The van der Waals surface area contributed by atoms with Crippen LogP contribution in [-0.4, -0.2) is 46.3 Å². The summed E-state index contributed by atoms with van der Waals surface area (Å²) in [6.07, 6.45) is 1.56. The van der Waals surface area contributed by atoms with E-state index in [4.69, 9.17) is 9.84 Å². The lowest BCUT2D eigenvalue weighted by molar-refractivity contribution is -0.179. The summed E-state index contributed by atoms with van der Waals surface area (Å²) in [7, 11) is 0. The SMILES string of the molecule is CCCCC(CC)COC(=O)C(O)(CC(=O)O)CC(=O)OC(C)=O. The molecule has 0 saturated carbocycles. The largest absolute Gasteiger partial charge is 0.481 e. The first-order valence-corrected chi connectivity index (χ1v) is 7.97. The predicted molar refractivity (Wildman–Crippen MR) is 82.9 cm³/mol. The molecule has 0 bridgehead atoms. The van der Waals surface area contributed by atoms with E-state index in [9.17, 15) is 24.3 Å². The van der Waals surface area contributed by atoms with Crippen molar-refractivity contribution in [2.45, 2.75) is 64.9 Å². The summed E-state index contributed by atoms with van der Waals surface area (Å²) >= 11 is 0. The molecule has 8 nitrogen and oxygen atoms in total. The topological polar surface area (TPSA) is 127 Å². The number of carbonyl (C=O) groups is 4. The Balaban J connectivity index is 4.88. The van der Waals surface area contributed by atoms with Crippen LogP contribution in [0, 0.1) is 5.92 Å². The van der Waals surface area contributed by atoms with Gasteiger partial charge in [0, 0.05) is 6.92 Å². The molecule has 138 valence electrons. The van der Waals surface area contributed by atoms with Crippen LogP contribution < -0.4 is 0 Å². The van der Waals surface area contributed by atoms with Crippen molar-refractivity contribution in [3.63, 3.8) is 0 Å². The van der Waals surface area contributed by atoms with Gasteiger partial charge in [-0.3, -0.25) is 14.4 Å². The van der Waals surface area contributed by atoms with E-state index in [2.05, 4.69) is 4.74 Å². The Morgan fingerprint density at radius 1 is 1.12 bits per heavy atom. The van der Waals surface area contributed by atoms with E-state index in [0.29, 0.717) is 0 Å². The maximum absolute atomic E-state index is 12.1. The Labute approximate surface area is 141 Å². The van der Waals surface area contributed by atoms with Gasteiger partial charge in [0.15, 0.2) is 5.60 Å². The van der Waals surface area contributed by atoms with Gasteiger partial charge >= 0.3 is 23.9 Å². The van der Waals surface area contributed by atoms with Crippen molar-refractivity contribution in [1.82, 2.24) is 0 Å². The normalized spacial score (nSPS) is 14.3. The zero-order chi connectivity index (χ0) is 18.8. The molecule has 2 atom stereocenters. The Morgan fingerprint density at radius 3 is 2.21 bits per heavy atom. The van der Waals surface area contributed by atoms with Crippen LogP contribution >= 0.6 is 0 Å². The Hall–Kier alpha value is -1.96. The fourth-order valence-corrected chi connectivity index (χ4v) is 2.12. The lowest BCUT2D eigenvalue weighted by atomic mass is 9.95. The number of hydrogen-bond acceptors (Lipinski definition) is 7. The average molecular weight is 346 g/mol. The molecular weight excluding hydrogens is 320 g/mol. The van der Waals surface area contributed by atoms with Gasteiger partial charge in [0.05, 0.1) is 19.4 Å².